The molecule has 1 rings (SSSR count). The van der Waals surface area contributed by atoms with Crippen molar-refractivity contribution in [3.63, 3.8) is 0 Å². The fraction of sp³-hybridized carbons (Fsp3) is 0.333. The molecule has 0 aromatic heterocycles. The van der Waals surface area contributed by atoms with Crippen molar-refractivity contribution in [2.24, 2.45) is 0 Å². The second-order valence-corrected chi connectivity index (χ2v) is 3.50. The molecule has 2 amide bonds. The third-order valence-corrected chi connectivity index (χ3v) is 1.95. The number of esters is 1. The van der Waals surface area contributed by atoms with Gasteiger partial charge in [0.2, 0.25) is 0 Å². The van der Waals surface area contributed by atoms with Crippen molar-refractivity contribution in [3.05, 3.63) is 24.3 Å². The van der Waals surface area contributed by atoms with Crippen LogP contribution in [0.3, 0.4) is 0 Å². The van der Waals surface area contributed by atoms with Crippen LogP contribution in [0.15, 0.2) is 24.3 Å². The largest absolute Gasteiger partial charge is 0.427 e. The van der Waals surface area contributed by atoms with Gasteiger partial charge in [-0.2, -0.15) is 0 Å². The molecule has 0 bridgehead atoms. The molecule has 0 aliphatic heterocycles. The maximum atomic E-state index is 11.4. The molecule has 6 nitrogen and oxygen atoms in total. The monoisotopic (exact) mass is 252 g/mol. The zero-order chi connectivity index (χ0) is 13.4. The molecule has 0 aliphatic rings. The highest BCUT2D eigenvalue weighted by atomic mass is 16.5. The number of nitrogens with one attached hydrogen (secondary N) is 2. The van der Waals surface area contributed by atoms with E-state index in [1.807, 2.05) is 0 Å². The van der Waals surface area contributed by atoms with Gasteiger partial charge in [-0.15, -0.1) is 0 Å². The molecular formula is C12H16N2O4. The number of hydrogen-bond acceptors (Lipinski definition) is 4. The van der Waals surface area contributed by atoms with E-state index in [9.17, 15) is 9.59 Å². The summed E-state index contributed by atoms with van der Waals surface area (Å²) < 4.78 is 9.71. The van der Waals surface area contributed by atoms with E-state index < -0.39 is 5.97 Å². The SMILES string of the molecule is COCCNC(=O)Nc1cccc(OC(C)=O)c1. The van der Waals surface area contributed by atoms with Gasteiger partial charge in [-0.3, -0.25) is 4.79 Å². The third-order valence-electron chi connectivity index (χ3n) is 1.95. The lowest BCUT2D eigenvalue weighted by Gasteiger charge is -2.08. The third kappa shape index (κ3) is 5.31. The minimum Gasteiger partial charge on any atom is -0.427 e. The smallest absolute Gasteiger partial charge is 0.319 e. The summed E-state index contributed by atoms with van der Waals surface area (Å²) in [5, 5.41) is 5.23. The summed E-state index contributed by atoms with van der Waals surface area (Å²) in [6.45, 7) is 2.18. The lowest BCUT2D eigenvalue weighted by atomic mass is 10.3. The average molecular weight is 252 g/mol. The van der Waals surface area contributed by atoms with Gasteiger partial charge in [0.15, 0.2) is 0 Å². The Bertz CT molecular complexity index is 420. The van der Waals surface area contributed by atoms with Gasteiger partial charge in [-0.05, 0) is 12.1 Å². The van der Waals surface area contributed by atoms with Crippen molar-refractivity contribution in [1.82, 2.24) is 5.32 Å². The number of ether oxygens (including phenoxy) is 2. The molecule has 0 heterocycles. The Morgan fingerprint density at radius 2 is 2.11 bits per heavy atom. The zero-order valence-electron chi connectivity index (χ0n) is 10.4. The van der Waals surface area contributed by atoms with E-state index in [1.54, 1.807) is 31.4 Å². The van der Waals surface area contributed by atoms with Crippen molar-refractivity contribution >= 4 is 17.7 Å². The van der Waals surface area contributed by atoms with Crippen LogP contribution in [0.25, 0.3) is 0 Å². The number of urea groups is 1. The Labute approximate surface area is 105 Å². The van der Waals surface area contributed by atoms with E-state index in [1.165, 1.54) is 6.92 Å². The van der Waals surface area contributed by atoms with E-state index in [2.05, 4.69) is 10.6 Å². The van der Waals surface area contributed by atoms with Gasteiger partial charge in [-0.1, -0.05) is 6.07 Å². The molecule has 0 spiro atoms. The quantitative estimate of drug-likeness (QED) is 0.471. The summed E-state index contributed by atoms with van der Waals surface area (Å²) in [6, 6.07) is 6.24. The van der Waals surface area contributed by atoms with E-state index in [-0.39, 0.29) is 6.03 Å². The number of anilines is 1. The average Bonchev–Trinajstić information content (AvgIpc) is 2.28. The Kier molecular flexibility index (Phi) is 5.66. The lowest BCUT2D eigenvalue weighted by molar-refractivity contribution is -0.131. The summed E-state index contributed by atoms with van der Waals surface area (Å²) in [5.41, 5.74) is 0.545. The van der Waals surface area contributed by atoms with Crippen molar-refractivity contribution in [2.45, 2.75) is 6.92 Å². The van der Waals surface area contributed by atoms with Crippen LogP contribution in [0.1, 0.15) is 6.92 Å². The van der Waals surface area contributed by atoms with Crippen LogP contribution < -0.4 is 15.4 Å². The highest BCUT2D eigenvalue weighted by Crippen LogP contribution is 2.17. The van der Waals surface area contributed by atoms with Gasteiger partial charge in [0.25, 0.3) is 0 Å². The molecule has 0 aliphatic carbocycles. The highest BCUT2D eigenvalue weighted by molar-refractivity contribution is 5.89. The van der Waals surface area contributed by atoms with Gasteiger partial charge in [-0.25, -0.2) is 4.79 Å². The normalized spacial score (nSPS) is 9.67. The molecular weight excluding hydrogens is 236 g/mol. The molecule has 0 unspecified atom stereocenters. The fourth-order valence-electron chi connectivity index (χ4n) is 1.25. The molecule has 0 saturated carbocycles. The molecule has 2 N–H and O–H groups in total. The molecule has 0 saturated heterocycles. The van der Waals surface area contributed by atoms with E-state index in [4.69, 9.17) is 9.47 Å². The molecule has 18 heavy (non-hydrogen) atoms. The Hall–Kier alpha value is -2.08. The van der Waals surface area contributed by atoms with Crippen LogP contribution in [0, 0.1) is 0 Å². The topological polar surface area (TPSA) is 76.7 Å². The number of methoxy groups -OCH3 is 1. The van der Waals surface area contributed by atoms with Gasteiger partial charge < -0.3 is 20.1 Å². The summed E-state index contributed by atoms with van der Waals surface area (Å²) in [5.74, 6) is -0.0195. The lowest BCUT2D eigenvalue weighted by Crippen LogP contribution is -2.31. The molecule has 1 aromatic rings. The minimum atomic E-state index is -0.406. The number of amides is 2. The Morgan fingerprint density at radius 1 is 1.33 bits per heavy atom. The minimum absolute atomic E-state index is 0.341. The molecule has 0 fully saturated rings. The Balaban J connectivity index is 2.51. The number of rotatable bonds is 5. The summed E-state index contributed by atoms with van der Waals surface area (Å²) in [6.07, 6.45) is 0. The van der Waals surface area contributed by atoms with Crippen LogP contribution in [0.5, 0.6) is 5.75 Å². The first-order valence-corrected chi connectivity index (χ1v) is 5.44. The predicted octanol–water partition coefficient (Wildman–Crippen LogP) is 1.38. The standard InChI is InChI=1S/C12H16N2O4/c1-9(15)18-11-5-3-4-10(8-11)14-12(16)13-6-7-17-2/h3-5,8H,6-7H2,1-2H3,(H2,13,14,16). The van der Waals surface area contributed by atoms with Crippen molar-refractivity contribution in [1.29, 1.82) is 0 Å². The van der Waals surface area contributed by atoms with Gasteiger partial charge in [0.05, 0.1) is 6.61 Å². The highest BCUT2D eigenvalue weighted by Gasteiger charge is 2.03. The van der Waals surface area contributed by atoms with Crippen molar-refractivity contribution in [2.75, 3.05) is 25.6 Å². The molecule has 0 radical (unpaired) electrons. The molecule has 0 atom stereocenters. The van der Waals surface area contributed by atoms with Crippen molar-refractivity contribution < 1.29 is 19.1 Å². The summed E-state index contributed by atoms with van der Waals surface area (Å²) >= 11 is 0. The maximum absolute atomic E-state index is 11.4. The Morgan fingerprint density at radius 3 is 2.78 bits per heavy atom. The molecule has 98 valence electrons. The summed E-state index contributed by atoms with van der Waals surface area (Å²) in [7, 11) is 1.56. The van der Waals surface area contributed by atoms with E-state index in [0.717, 1.165) is 0 Å². The van der Waals surface area contributed by atoms with Crippen LogP contribution in [-0.4, -0.2) is 32.3 Å². The van der Waals surface area contributed by atoms with Gasteiger partial charge >= 0.3 is 12.0 Å². The molecule has 1 aromatic carbocycles. The number of carbonyl (C=O) groups is 2. The first-order chi connectivity index (χ1) is 8.61. The van der Waals surface area contributed by atoms with E-state index >= 15 is 0 Å². The van der Waals surface area contributed by atoms with E-state index in [0.29, 0.717) is 24.6 Å². The van der Waals surface area contributed by atoms with Crippen LogP contribution >= 0.6 is 0 Å². The summed E-state index contributed by atoms with van der Waals surface area (Å²) in [4.78, 5) is 22.2. The van der Waals surface area contributed by atoms with Gasteiger partial charge in [0.1, 0.15) is 5.75 Å². The first kappa shape index (κ1) is 14.0. The second kappa shape index (κ2) is 7.29. The second-order valence-electron chi connectivity index (χ2n) is 3.50. The zero-order valence-corrected chi connectivity index (χ0v) is 10.4. The molecule has 6 heteroatoms. The van der Waals surface area contributed by atoms with Crippen molar-refractivity contribution in [3.8, 4) is 5.75 Å². The maximum Gasteiger partial charge on any atom is 0.319 e. The fourth-order valence-corrected chi connectivity index (χ4v) is 1.25. The van der Waals surface area contributed by atoms with Crippen LogP contribution in [-0.2, 0) is 9.53 Å². The predicted molar refractivity (Wildman–Crippen MR) is 66.6 cm³/mol. The van der Waals surface area contributed by atoms with Crippen LogP contribution in [0.2, 0.25) is 0 Å². The number of benzene rings is 1. The number of carbonyl (C=O) groups excluding carboxylic acids is 2. The van der Waals surface area contributed by atoms with Gasteiger partial charge in [0, 0.05) is 32.3 Å². The number of hydrogen-bond donors (Lipinski definition) is 2. The first-order valence-electron chi connectivity index (χ1n) is 5.44. The van der Waals surface area contributed by atoms with Crippen LogP contribution in [0.4, 0.5) is 10.5 Å².